The molecule has 0 amide bonds. The van der Waals surface area contributed by atoms with Gasteiger partial charge in [0.05, 0.1) is 24.6 Å². The second-order valence-electron chi connectivity index (χ2n) is 4.80. The summed E-state index contributed by atoms with van der Waals surface area (Å²) in [5.74, 6) is -0.207. The molecule has 0 spiro atoms. The third kappa shape index (κ3) is 3.48. The zero-order valence-electron chi connectivity index (χ0n) is 11.8. The van der Waals surface area contributed by atoms with E-state index >= 15 is 0 Å². The molecule has 2 atom stereocenters. The molecule has 0 saturated heterocycles. The van der Waals surface area contributed by atoms with Crippen molar-refractivity contribution in [3.8, 4) is 0 Å². The van der Waals surface area contributed by atoms with Crippen molar-refractivity contribution >= 4 is 11.0 Å². The lowest BCUT2D eigenvalue weighted by Crippen LogP contribution is -2.37. The number of nitrogens with zero attached hydrogens (tertiary/aromatic N) is 1. The van der Waals surface area contributed by atoms with E-state index in [0.29, 0.717) is 24.1 Å². The highest BCUT2D eigenvalue weighted by Gasteiger charge is 2.19. The molecule has 0 radical (unpaired) electrons. The van der Waals surface area contributed by atoms with Crippen LogP contribution < -0.4 is 10.9 Å². The molecule has 0 fully saturated rings. The number of hydrogen-bond donors (Lipinski definition) is 5. The summed E-state index contributed by atoms with van der Waals surface area (Å²) >= 11 is 0. The molecule has 21 heavy (non-hydrogen) atoms. The molecule has 0 aliphatic rings. The summed E-state index contributed by atoms with van der Waals surface area (Å²) in [7, 11) is 1.50. The van der Waals surface area contributed by atoms with Gasteiger partial charge in [-0.25, -0.2) is 4.98 Å². The minimum absolute atomic E-state index is 0.0854. The Hall–Kier alpha value is -1.74. The molecular formula is C13H20N4O4. The van der Waals surface area contributed by atoms with Gasteiger partial charge in [-0.15, -0.1) is 0 Å². The van der Waals surface area contributed by atoms with Crippen LogP contribution in [0.1, 0.15) is 5.56 Å². The third-order valence-corrected chi connectivity index (χ3v) is 3.51. The lowest BCUT2D eigenvalue weighted by Gasteiger charge is -2.22. The first kappa shape index (κ1) is 15.6. The standard InChI is InChI=1S/C13H20N4O4/c1-21-10(6-19)9(5-18)3-14-2-8-4-15-12-11(8)16-7-17-13(12)20/h4,7,9-10,14-15,18-19H,2-3,5-6H2,1H3,(H,16,17,20)/t9-,10-/m1/s1. The van der Waals surface area contributed by atoms with Gasteiger partial charge in [0.25, 0.3) is 5.56 Å². The molecule has 0 bridgehead atoms. The van der Waals surface area contributed by atoms with Crippen molar-refractivity contribution in [3.63, 3.8) is 0 Å². The fourth-order valence-electron chi connectivity index (χ4n) is 2.26. The summed E-state index contributed by atoms with van der Waals surface area (Å²) < 4.78 is 5.11. The topological polar surface area (TPSA) is 123 Å². The number of aromatic nitrogens is 3. The number of rotatable bonds is 8. The van der Waals surface area contributed by atoms with E-state index in [4.69, 9.17) is 9.84 Å². The predicted octanol–water partition coefficient (Wildman–Crippen LogP) is -1.04. The minimum Gasteiger partial charge on any atom is -0.396 e. The van der Waals surface area contributed by atoms with Gasteiger partial charge in [0, 0.05) is 44.5 Å². The maximum atomic E-state index is 11.6. The molecule has 8 heteroatoms. The highest BCUT2D eigenvalue weighted by molar-refractivity contribution is 5.77. The normalized spacial score (nSPS) is 14.4. The van der Waals surface area contributed by atoms with Crippen LogP contribution in [0.25, 0.3) is 11.0 Å². The van der Waals surface area contributed by atoms with E-state index in [0.717, 1.165) is 5.56 Å². The first-order valence-corrected chi connectivity index (χ1v) is 6.70. The highest BCUT2D eigenvalue weighted by atomic mass is 16.5. The number of aliphatic hydroxyl groups is 2. The fraction of sp³-hybridized carbons (Fsp3) is 0.538. The van der Waals surface area contributed by atoms with Crippen LogP contribution in [0.15, 0.2) is 17.3 Å². The fourth-order valence-corrected chi connectivity index (χ4v) is 2.26. The Morgan fingerprint density at radius 1 is 1.38 bits per heavy atom. The van der Waals surface area contributed by atoms with Crippen LogP contribution in [0.5, 0.6) is 0 Å². The Kier molecular flexibility index (Phi) is 5.45. The van der Waals surface area contributed by atoms with Gasteiger partial charge in [-0.05, 0) is 0 Å². The van der Waals surface area contributed by atoms with Crippen molar-refractivity contribution < 1.29 is 14.9 Å². The van der Waals surface area contributed by atoms with Crippen LogP contribution in [-0.4, -0.2) is 58.1 Å². The number of H-pyrrole nitrogens is 2. The van der Waals surface area contributed by atoms with Gasteiger partial charge in [0.1, 0.15) is 5.52 Å². The molecular weight excluding hydrogens is 276 g/mol. The van der Waals surface area contributed by atoms with Crippen LogP contribution in [0.3, 0.4) is 0 Å². The summed E-state index contributed by atoms with van der Waals surface area (Å²) in [4.78, 5) is 21.1. The number of ether oxygens (including phenoxy) is 1. The summed E-state index contributed by atoms with van der Waals surface area (Å²) in [6, 6.07) is 0. The summed E-state index contributed by atoms with van der Waals surface area (Å²) in [5.41, 5.74) is 1.72. The molecule has 0 aliphatic heterocycles. The first-order valence-electron chi connectivity index (χ1n) is 6.70. The SMILES string of the molecule is CO[C@H](CO)[C@@H](CO)CNCc1c[nH]c2c(=O)[nH]cnc12. The molecule has 116 valence electrons. The van der Waals surface area contributed by atoms with E-state index in [2.05, 4.69) is 20.3 Å². The van der Waals surface area contributed by atoms with Crippen LogP contribution in [-0.2, 0) is 11.3 Å². The van der Waals surface area contributed by atoms with Crippen molar-refractivity contribution in [2.45, 2.75) is 12.6 Å². The monoisotopic (exact) mass is 296 g/mol. The maximum Gasteiger partial charge on any atom is 0.275 e. The molecule has 2 rings (SSSR count). The van der Waals surface area contributed by atoms with E-state index in [9.17, 15) is 9.90 Å². The molecule has 0 saturated carbocycles. The molecule has 0 aromatic carbocycles. The van der Waals surface area contributed by atoms with Crippen molar-refractivity contribution in [3.05, 3.63) is 28.4 Å². The second-order valence-corrected chi connectivity index (χ2v) is 4.80. The van der Waals surface area contributed by atoms with Crippen molar-refractivity contribution in [1.29, 1.82) is 0 Å². The van der Waals surface area contributed by atoms with Crippen molar-refractivity contribution in [2.24, 2.45) is 5.92 Å². The maximum absolute atomic E-state index is 11.6. The van der Waals surface area contributed by atoms with Crippen LogP contribution in [0.4, 0.5) is 0 Å². The van der Waals surface area contributed by atoms with Gasteiger partial charge in [-0.1, -0.05) is 0 Å². The molecule has 2 aromatic heterocycles. The molecule has 2 heterocycles. The Labute approximate surface area is 121 Å². The first-order chi connectivity index (χ1) is 10.2. The van der Waals surface area contributed by atoms with Gasteiger partial charge in [-0.3, -0.25) is 4.79 Å². The third-order valence-electron chi connectivity index (χ3n) is 3.51. The van der Waals surface area contributed by atoms with E-state index < -0.39 is 6.10 Å². The average molecular weight is 296 g/mol. The van der Waals surface area contributed by atoms with Crippen LogP contribution in [0.2, 0.25) is 0 Å². The van der Waals surface area contributed by atoms with Gasteiger partial charge in [0.2, 0.25) is 0 Å². The largest absolute Gasteiger partial charge is 0.396 e. The highest BCUT2D eigenvalue weighted by Crippen LogP contribution is 2.11. The van der Waals surface area contributed by atoms with Crippen LogP contribution in [0, 0.1) is 5.92 Å². The predicted molar refractivity (Wildman–Crippen MR) is 76.9 cm³/mol. The number of fused-ring (bicyclic) bond motifs is 1. The summed E-state index contributed by atoms with van der Waals surface area (Å²) in [6.07, 6.45) is 2.69. The lowest BCUT2D eigenvalue weighted by molar-refractivity contribution is -0.0103. The van der Waals surface area contributed by atoms with Crippen molar-refractivity contribution in [2.75, 3.05) is 26.9 Å². The Morgan fingerprint density at radius 3 is 2.86 bits per heavy atom. The number of methoxy groups -OCH3 is 1. The number of aromatic amines is 2. The number of aliphatic hydroxyl groups excluding tert-OH is 2. The average Bonchev–Trinajstić information content (AvgIpc) is 2.91. The Balaban J connectivity index is 1.99. The van der Waals surface area contributed by atoms with E-state index in [1.165, 1.54) is 13.4 Å². The molecule has 0 aliphatic carbocycles. The van der Waals surface area contributed by atoms with Gasteiger partial charge in [0.15, 0.2) is 0 Å². The Bertz CT molecular complexity index is 620. The molecule has 2 aromatic rings. The quantitative estimate of drug-likeness (QED) is 0.424. The molecule has 0 unspecified atom stereocenters. The Morgan fingerprint density at radius 2 is 2.19 bits per heavy atom. The summed E-state index contributed by atoms with van der Waals surface area (Å²) in [6.45, 7) is 0.742. The molecule has 5 N–H and O–H groups in total. The van der Waals surface area contributed by atoms with Crippen molar-refractivity contribution in [1.82, 2.24) is 20.3 Å². The van der Waals surface area contributed by atoms with E-state index in [1.54, 1.807) is 6.20 Å². The van der Waals surface area contributed by atoms with E-state index in [1.807, 2.05) is 0 Å². The zero-order chi connectivity index (χ0) is 15.2. The van der Waals surface area contributed by atoms with Gasteiger partial charge < -0.3 is 30.2 Å². The smallest absolute Gasteiger partial charge is 0.275 e. The minimum atomic E-state index is -0.411. The van der Waals surface area contributed by atoms with E-state index in [-0.39, 0.29) is 24.7 Å². The lowest BCUT2D eigenvalue weighted by atomic mass is 10.0. The van der Waals surface area contributed by atoms with Gasteiger partial charge in [-0.2, -0.15) is 0 Å². The molecule has 8 nitrogen and oxygen atoms in total. The van der Waals surface area contributed by atoms with Gasteiger partial charge >= 0.3 is 0 Å². The van der Waals surface area contributed by atoms with Crippen LogP contribution >= 0.6 is 0 Å². The zero-order valence-corrected chi connectivity index (χ0v) is 11.8. The summed E-state index contributed by atoms with van der Waals surface area (Å²) in [5, 5.41) is 21.7. The number of hydrogen-bond acceptors (Lipinski definition) is 6. The number of nitrogens with one attached hydrogen (secondary N) is 3. The second kappa shape index (κ2) is 7.32.